The van der Waals surface area contributed by atoms with Crippen LogP contribution in [0.2, 0.25) is 0 Å². The van der Waals surface area contributed by atoms with Gasteiger partial charge in [-0.15, -0.1) is 0 Å². The topological polar surface area (TPSA) is 111 Å². The molecule has 3 aromatic heterocycles. The van der Waals surface area contributed by atoms with Crippen molar-refractivity contribution in [2.24, 2.45) is 0 Å². The van der Waals surface area contributed by atoms with Crippen LogP contribution in [-0.4, -0.2) is 43.8 Å². The third kappa shape index (κ3) is 4.16. The van der Waals surface area contributed by atoms with Crippen molar-refractivity contribution in [2.45, 2.75) is 25.4 Å². The van der Waals surface area contributed by atoms with Crippen LogP contribution in [0.4, 0.5) is 11.6 Å². The van der Waals surface area contributed by atoms with E-state index in [1.54, 1.807) is 19.5 Å². The number of amides is 1. The van der Waals surface area contributed by atoms with Crippen LogP contribution < -0.4 is 15.8 Å². The Hall–Kier alpha value is -4.40. The Morgan fingerprint density at radius 3 is 2.94 bits per heavy atom. The van der Waals surface area contributed by atoms with Crippen molar-refractivity contribution >= 4 is 23.1 Å². The van der Waals surface area contributed by atoms with E-state index in [0.717, 1.165) is 41.4 Å². The fourth-order valence-corrected chi connectivity index (χ4v) is 4.63. The van der Waals surface area contributed by atoms with E-state index in [9.17, 15) is 4.79 Å². The molecule has 9 heteroatoms. The van der Waals surface area contributed by atoms with Crippen LogP contribution in [0.15, 0.2) is 67.6 Å². The monoisotopic (exact) mass is 469 g/mol. The molecule has 0 spiro atoms. The molecule has 178 valence electrons. The summed E-state index contributed by atoms with van der Waals surface area (Å²) in [5.41, 5.74) is 9.57. The fraction of sp³-hybridized carbons (Fsp3) is 0.231. The second kappa shape index (κ2) is 9.46. The largest absolute Gasteiger partial charge is 0.496 e. The van der Waals surface area contributed by atoms with E-state index in [1.807, 2.05) is 51.9 Å². The molecule has 9 nitrogen and oxygen atoms in total. The average Bonchev–Trinajstić information content (AvgIpc) is 3.53. The zero-order valence-electron chi connectivity index (χ0n) is 19.5. The Morgan fingerprint density at radius 2 is 2.17 bits per heavy atom. The van der Waals surface area contributed by atoms with Crippen molar-refractivity contribution in [3.05, 3.63) is 79.0 Å². The van der Waals surface area contributed by atoms with Gasteiger partial charge < -0.3 is 20.7 Å². The van der Waals surface area contributed by atoms with Crippen LogP contribution >= 0.6 is 0 Å². The number of pyridine rings is 1. The average molecular weight is 470 g/mol. The van der Waals surface area contributed by atoms with Gasteiger partial charge in [-0.2, -0.15) is 0 Å². The number of nitrogens with zero attached hydrogens (tertiary/aromatic N) is 5. The van der Waals surface area contributed by atoms with Crippen LogP contribution in [-0.2, 0) is 11.3 Å². The predicted octanol–water partition coefficient (Wildman–Crippen LogP) is 3.84. The van der Waals surface area contributed by atoms with Crippen LogP contribution in [0.5, 0.6) is 5.75 Å². The quantitative estimate of drug-likeness (QED) is 0.396. The van der Waals surface area contributed by atoms with E-state index >= 15 is 0 Å². The number of nitrogens with two attached hydrogens (primary N) is 1. The summed E-state index contributed by atoms with van der Waals surface area (Å²) in [7, 11) is 1.65. The highest BCUT2D eigenvalue weighted by atomic mass is 16.5. The number of carbonyl (C=O) groups is 1. The van der Waals surface area contributed by atoms with Gasteiger partial charge in [-0.25, -0.2) is 15.0 Å². The molecule has 1 aliphatic rings. The first kappa shape index (κ1) is 22.4. The number of aromatic nitrogens is 4. The Morgan fingerprint density at radius 1 is 1.29 bits per heavy atom. The Bertz CT molecular complexity index is 1380. The minimum absolute atomic E-state index is 0.0979. The zero-order chi connectivity index (χ0) is 24.4. The summed E-state index contributed by atoms with van der Waals surface area (Å²) in [6.45, 7) is 4.88. The van der Waals surface area contributed by atoms with E-state index < -0.39 is 0 Å². The third-order valence-corrected chi connectivity index (χ3v) is 6.30. The van der Waals surface area contributed by atoms with Crippen molar-refractivity contribution in [2.75, 3.05) is 24.7 Å². The molecule has 5 rings (SSSR count). The van der Waals surface area contributed by atoms with Crippen LogP contribution in [0.25, 0.3) is 16.8 Å². The van der Waals surface area contributed by atoms with Gasteiger partial charge in [-0.1, -0.05) is 24.8 Å². The minimum Gasteiger partial charge on any atom is -0.496 e. The SMILES string of the molecule is C=CC(=O)N1CCC[C@H]1c1nc(-c2ccc(CNc3ccccn3)c(OC)c2)c2c(N)nccn12. The number of methoxy groups -OCH3 is 1. The van der Waals surface area contributed by atoms with Gasteiger partial charge in [-0.05, 0) is 37.1 Å². The summed E-state index contributed by atoms with van der Waals surface area (Å²) in [4.78, 5) is 27.9. The first-order valence-corrected chi connectivity index (χ1v) is 11.5. The number of hydrogen-bond acceptors (Lipinski definition) is 7. The maximum Gasteiger partial charge on any atom is 0.246 e. The lowest BCUT2D eigenvalue weighted by molar-refractivity contribution is -0.127. The summed E-state index contributed by atoms with van der Waals surface area (Å²) in [6.07, 6.45) is 8.32. The van der Waals surface area contributed by atoms with Crippen LogP contribution in [0.3, 0.4) is 0 Å². The van der Waals surface area contributed by atoms with Crippen molar-refractivity contribution in [3.63, 3.8) is 0 Å². The molecule has 0 radical (unpaired) electrons. The maximum atomic E-state index is 12.5. The highest BCUT2D eigenvalue weighted by Gasteiger charge is 2.33. The number of nitrogen functional groups attached to an aromatic ring is 1. The lowest BCUT2D eigenvalue weighted by atomic mass is 10.1. The molecule has 1 aromatic carbocycles. The van der Waals surface area contributed by atoms with E-state index in [1.165, 1.54) is 6.08 Å². The molecular formula is C26H27N7O2. The first-order chi connectivity index (χ1) is 17.1. The number of anilines is 2. The molecule has 1 atom stereocenters. The Balaban J connectivity index is 1.54. The van der Waals surface area contributed by atoms with Crippen molar-refractivity contribution in [1.82, 2.24) is 24.3 Å². The number of imidazole rings is 1. The lowest BCUT2D eigenvalue weighted by Gasteiger charge is -2.22. The number of hydrogen-bond donors (Lipinski definition) is 2. The van der Waals surface area contributed by atoms with Gasteiger partial charge in [0.25, 0.3) is 0 Å². The summed E-state index contributed by atoms with van der Waals surface area (Å²) in [6, 6.07) is 11.5. The summed E-state index contributed by atoms with van der Waals surface area (Å²) in [5.74, 6) is 2.55. The molecule has 1 amide bonds. The number of rotatable bonds is 7. The summed E-state index contributed by atoms with van der Waals surface area (Å²) in [5, 5.41) is 3.31. The minimum atomic E-state index is -0.160. The Kier molecular flexibility index (Phi) is 6.05. The van der Waals surface area contributed by atoms with Gasteiger partial charge in [-0.3, -0.25) is 9.20 Å². The predicted molar refractivity (Wildman–Crippen MR) is 135 cm³/mol. The molecule has 0 aliphatic carbocycles. The summed E-state index contributed by atoms with van der Waals surface area (Å²) < 4.78 is 7.65. The standard InChI is InChI=1S/C26H27N7O2/c1-3-22(34)32-13-6-7-19(32)26-31-23(24-25(27)29-12-14-33(24)26)17-9-10-18(20(15-17)35-2)16-30-21-8-4-5-11-28-21/h3-5,8-12,14-15,19H,1,6-7,13,16H2,2H3,(H2,27,29)(H,28,30)/t19-/m0/s1. The molecule has 0 bridgehead atoms. The normalized spacial score (nSPS) is 15.3. The molecule has 35 heavy (non-hydrogen) atoms. The van der Waals surface area contributed by atoms with Gasteiger partial charge in [0.1, 0.15) is 34.4 Å². The second-order valence-corrected chi connectivity index (χ2v) is 8.34. The number of nitrogens with one attached hydrogen (secondary N) is 1. The Labute approximate surface area is 203 Å². The highest BCUT2D eigenvalue weighted by molar-refractivity contribution is 5.88. The first-order valence-electron chi connectivity index (χ1n) is 11.5. The van der Waals surface area contributed by atoms with Crippen molar-refractivity contribution in [3.8, 4) is 17.0 Å². The smallest absolute Gasteiger partial charge is 0.246 e. The van der Waals surface area contributed by atoms with E-state index in [2.05, 4.69) is 21.9 Å². The molecule has 1 saturated heterocycles. The van der Waals surface area contributed by atoms with E-state index in [-0.39, 0.29) is 11.9 Å². The van der Waals surface area contributed by atoms with Gasteiger partial charge >= 0.3 is 0 Å². The second-order valence-electron chi connectivity index (χ2n) is 8.34. The van der Waals surface area contributed by atoms with Crippen LogP contribution in [0.1, 0.15) is 30.3 Å². The van der Waals surface area contributed by atoms with Crippen molar-refractivity contribution in [1.29, 1.82) is 0 Å². The summed E-state index contributed by atoms with van der Waals surface area (Å²) >= 11 is 0. The van der Waals surface area contributed by atoms with Crippen molar-refractivity contribution < 1.29 is 9.53 Å². The fourth-order valence-electron chi connectivity index (χ4n) is 4.63. The highest BCUT2D eigenvalue weighted by Crippen LogP contribution is 2.37. The van der Waals surface area contributed by atoms with Crippen LogP contribution in [0, 0.1) is 0 Å². The third-order valence-electron chi connectivity index (χ3n) is 6.30. The number of ether oxygens (including phenoxy) is 1. The van der Waals surface area contributed by atoms with Gasteiger partial charge in [0.05, 0.1) is 13.2 Å². The molecule has 4 aromatic rings. The molecule has 4 heterocycles. The maximum absolute atomic E-state index is 12.5. The molecular weight excluding hydrogens is 442 g/mol. The van der Waals surface area contributed by atoms with Gasteiger partial charge in [0.15, 0.2) is 0 Å². The molecule has 0 unspecified atom stereocenters. The van der Waals surface area contributed by atoms with Gasteiger partial charge in [0.2, 0.25) is 5.91 Å². The van der Waals surface area contributed by atoms with E-state index in [4.69, 9.17) is 15.5 Å². The lowest BCUT2D eigenvalue weighted by Crippen LogP contribution is -2.29. The molecule has 3 N–H and O–H groups in total. The number of fused-ring (bicyclic) bond motifs is 1. The molecule has 0 saturated carbocycles. The zero-order valence-corrected chi connectivity index (χ0v) is 19.5. The molecule has 1 aliphatic heterocycles. The number of carbonyl (C=O) groups excluding carboxylic acids is 1. The number of likely N-dealkylation sites (tertiary alicyclic amines) is 1. The van der Waals surface area contributed by atoms with Gasteiger partial charge in [0, 0.05) is 42.8 Å². The van der Waals surface area contributed by atoms with E-state index in [0.29, 0.717) is 30.1 Å². The molecule has 1 fully saturated rings. The number of benzene rings is 1.